The number of nitrogens with one attached hydrogen (secondary N) is 1. The lowest BCUT2D eigenvalue weighted by Gasteiger charge is -2.26. The Morgan fingerprint density at radius 1 is 1.44 bits per heavy atom. The van der Waals surface area contributed by atoms with Crippen molar-refractivity contribution in [2.45, 2.75) is 37.8 Å². The van der Waals surface area contributed by atoms with Gasteiger partial charge in [-0.25, -0.2) is 4.98 Å². The predicted octanol–water partition coefficient (Wildman–Crippen LogP) is 0.682. The maximum absolute atomic E-state index is 10.8. The molecule has 8 heteroatoms. The van der Waals surface area contributed by atoms with Crippen LogP contribution in [0.1, 0.15) is 25.7 Å². The number of hydrogen-bond donors (Lipinski definition) is 3. The molecule has 1 heterocycles. The van der Waals surface area contributed by atoms with Gasteiger partial charge in [-0.2, -0.15) is 4.98 Å². The van der Waals surface area contributed by atoms with Gasteiger partial charge in [0.15, 0.2) is 0 Å². The first kappa shape index (κ1) is 12.5. The second-order valence-electron chi connectivity index (χ2n) is 4.37. The van der Waals surface area contributed by atoms with E-state index in [9.17, 15) is 15.2 Å². The van der Waals surface area contributed by atoms with Crippen molar-refractivity contribution in [2.24, 2.45) is 0 Å². The highest BCUT2D eigenvalue weighted by Gasteiger charge is 2.23. The van der Waals surface area contributed by atoms with Crippen LogP contribution in [0.15, 0.2) is 6.20 Å². The first-order chi connectivity index (χ1) is 8.56. The summed E-state index contributed by atoms with van der Waals surface area (Å²) in [5.74, 6) is 0.146. The summed E-state index contributed by atoms with van der Waals surface area (Å²) >= 11 is 0. The van der Waals surface area contributed by atoms with Crippen LogP contribution in [0.3, 0.4) is 0 Å². The highest BCUT2D eigenvalue weighted by atomic mass is 16.6. The van der Waals surface area contributed by atoms with Gasteiger partial charge in [0.2, 0.25) is 11.8 Å². The number of aromatic nitrogens is 2. The van der Waals surface area contributed by atoms with Crippen LogP contribution < -0.4 is 11.1 Å². The molecule has 1 aromatic rings. The summed E-state index contributed by atoms with van der Waals surface area (Å²) in [7, 11) is 0. The highest BCUT2D eigenvalue weighted by molar-refractivity contribution is 5.56. The molecule has 0 aromatic carbocycles. The third-order valence-electron chi connectivity index (χ3n) is 3.02. The Balaban J connectivity index is 2.12. The second-order valence-corrected chi connectivity index (χ2v) is 4.37. The van der Waals surface area contributed by atoms with Gasteiger partial charge in [-0.05, 0) is 25.7 Å². The molecule has 4 N–H and O–H groups in total. The quantitative estimate of drug-likeness (QED) is 0.533. The minimum atomic E-state index is -0.542. The lowest BCUT2D eigenvalue weighted by molar-refractivity contribution is -0.384. The Hall–Kier alpha value is -1.96. The molecule has 0 aliphatic heterocycles. The molecule has 0 saturated heterocycles. The van der Waals surface area contributed by atoms with E-state index < -0.39 is 4.92 Å². The molecule has 0 atom stereocenters. The zero-order valence-corrected chi connectivity index (χ0v) is 9.74. The molecule has 0 radical (unpaired) electrons. The van der Waals surface area contributed by atoms with Crippen molar-refractivity contribution in [3.63, 3.8) is 0 Å². The van der Waals surface area contributed by atoms with Crippen LogP contribution in [0.2, 0.25) is 0 Å². The van der Waals surface area contributed by atoms with Gasteiger partial charge in [0.25, 0.3) is 0 Å². The topological polar surface area (TPSA) is 127 Å². The van der Waals surface area contributed by atoms with Crippen LogP contribution in [0.25, 0.3) is 0 Å². The Bertz CT molecular complexity index is 445. The summed E-state index contributed by atoms with van der Waals surface area (Å²) in [5, 5.41) is 23.2. The minimum Gasteiger partial charge on any atom is -0.393 e. The monoisotopic (exact) mass is 253 g/mol. The number of nitrogen functional groups attached to an aromatic ring is 1. The fraction of sp³-hybridized carbons (Fsp3) is 0.600. The van der Waals surface area contributed by atoms with Gasteiger partial charge in [-0.1, -0.05) is 0 Å². The SMILES string of the molecule is Nc1ncc([N+](=O)[O-])c(NC2CCC(O)CC2)n1. The maximum atomic E-state index is 10.8. The van der Waals surface area contributed by atoms with E-state index in [0.717, 1.165) is 19.0 Å². The van der Waals surface area contributed by atoms with E-state index in [1.807, 2.05) is 0 Å². The average Bonchev–Trinajstić information content (AvgIpc) is 2.32. The van der Waals surface area contributed by atoms with Gasteiger partial charge < -0.3 is 16.2 Å². The van der Waals surface area contributed by atoms with Gasteiger partial charge in [0.1, 0.15) is 6.20 Å². The van der Waals surface area contributed by atoms with Crippen LogP contribution in [0.5, 0.6) is 0 Å². The zero-order valence-electron chi connectivity index (χ0n) is 9.74. The largest absolute Gasteiger partial charge is 0.393 e. The summed E-state index contributed by atoms with van der Waals surface area (Å²) < 4.78 is 0. The fourth-order valence-corrected chi connectivity index (χ4v) is 2.04. The molecule has 98 valence electrons. The lowest BCUT2D eigenvalue weighted by Crippen LogP contribution is -2.29. The van der Waals surface area contributed by atoms with E-state index in [2.05, 4.69) is 15.3 Å². The van der Waals surface area contributed by atoms with Gasteiger partial charge in [0, 0.05) is 6.04 Å². The molecule has 0 amide bonds. The van der Waals surface area contributed by atoms with Crippen LogP contribution in [0, 0.1) is 10.1 Å². The van der Waals surface area contributed by atoms with Crippen molar-refractivity contribution < 1.29 is 10.0 Å². The van der Waals surface area contributed by atoms with Gasteiger partial charge in [-0.15, -0.1) is 0 Å². The normalized spacial score (nSPS) is 23.6. The van der Waals surface area contributed by atoms with E-state index in [-0.39, 0.29) is 29.6 Å². The summed E-state index contributed by atoms with van der Waals surface area (Å²) in [6, 6.07) is 0.0707. The number of aliphatic hydroxyl groups is 1. The smallest absolute Gasteiger partial charge is 0.329 e. The van der Waals surface area contributed by atoms with Crippen LogP contribution in [-0.2, 0) is 0 Å². The van der Waals surface area contributed by atoms with Crippen LogP contribution >= 0.6 is 0 Å². The van der Waals surface area contributed by atoms with E-state index in [4.69, 9.17) is 5.73 Å². The molecule has 1 aromatic heterocycles. The van der Waals surface area contributed by atoms with E-state index in [1.54, 1.807) is 0 Å². The number of aliphatic hydroxyl groups excluding tert-OH is 1. The Kier molecular flexibility index (Phi) is 3.56. The summed E-state index contributed by atoms with van der Waals surface area (Å²) in [5.41, 5.74) is 5.25. The highest BCUT2D eigenvalue weighted by Crippen LogP contribution is 2.26. The van der Waals surface area contributed by atoms with Crippen molar-refractivity contribution in [3.8, 4) is 0 Å². The Labute approximate surface area is 103 Å². The van der Waals surface area contributed by atoms with Crippen molar-refractivity contribution in [2.75, 3.05) is 11.1 Å². The molecule has 0 spiro atoms. The van der Waals surface area contributed by atoms with Gasteiger partial charge in [-0.3, -0.25) is 10.1 Å². The lowest BCUT2D eigenvalue weighted by atomic mass is 9.93. The molecule has 8 nitrogen and oxygen atoms in total. The molecule has 1 aliphatic carbocycles. The molecule has 18 heavy (non-hydrogen) atoms. The number of rotatable bonds is 3. The standard InChI is InChI=1S/C10H15N5O3/c11-10-12-5-8(15(17)18)9(14-10)13-6-1-3-7(16)4-2-6/h5-7,16H,1-4H2,(H3,11,12,13,14). The number of nitrogens with two attached hydrogens (primary N) is 1. The Morgan fingerprint density at radius 2 is 2.11 bits per heavy atom. The molecule has 1 fully saturated rings. The van der Waals surface area contributed by atoms with Crippen molar-refractivity contribution in [1.82, 2.24) is 9.97 Å². The van der Waals surface area contributed by atoms with Gasteiger partial charge >= 0.3 is 5.69 Å². The zero-order chi connectivity index (χ0) is 13.1. The van der Waals surface area contributed by atoms with E-state index >= 15 is 0 Å². The third kappa shape index (κ3) is 2.83. The van der Waals surface area contributed by atoms with Gasteiger partial charge in [0.05, 0.1) is 11.0 Å². The summed E-state index contributed by atoms with van der Waals surface area (Å²) in [6.07, 6.45) is 3.71. The summed E-state index contributed by atoms with van der Waals surface area (Å²) in [4.78, 5) is 17.8. The van der Waals surface area contributed by atoms with Crippen molar-refractivity contribution in [3.05, 3.63) is 16.3 Å². The number of nitrogens with zero attached hydrogens (tertiary/aromatic N) is 3. The first-order valence-electron chi connectivity index (χ1n) is 5.77. The third-order valence-corrected chi connectivity index (χ3v) is 3.02. The minimum absolute atomic E-state index is 0.000978. The number of anilines is 2. The Morgan fingerprint density at radius 3 is 2.72 bits per heavy atom. The maximum Gasteiger partial charge on any atom is 0.329 e. The molecular formula is C10H15N5O3. The predicted molar refractivity (Wildman–Crippen MR) is 65.0 cm³/mol. The second kappa shape index (κ2) is 5.13. The molecule has 1 aliphatic rings. The molecule has 1 saturated carbocycles. The number of nitro groups is 1. The van der Waals surface area contributed by atoms with E-state index in [0.29, 0.717) is 12.8 Å². The summed E-state index contributed by atoms with van der Waals surface area (Å²) in [6.45, 7) is 0. The van der Waals surface area contributed by atoms with Crippen molar-refractivity contribution in [1.29, 1.82) is 0 Å². The van der Waals surface area contributed by atoms with Crippen LogP contribution in [0.4, 0.5) is 17.5 Å². The molecule has 0 unspecified atom stereocenters. The molecular weight excluding hydrogens is 238 g/mol. The molecule has 0 bridgehead atoms. The van der Waals surface area contributed by atoms with E-state index in [1.165, 1.54) is 0 Å². The average molecular weight is 253 g/mol. The fourth-order valence-electron chi connectivity index (χ4n) is 2.04. The van der Waals surface area contributed by atoms with Crippen LogP contribution in [-0.4, -0.2) is 32.1 Å². The number of hydrogen-bond acceptors (Lipinski definition) is 7. The molecule has 2 rings (SSSR count). The first-order valence-corrected chi connectivity index (χ1v) is 5.77. The van der Waals surface area contributed by atoms with Crippen molar-refractivity contribution >= 4 is 17.5 Å².